The molecule has 0 radical (unpaired) electrons. The first-order valence-electron chi connectivity index (χ1n) is 7.63. The van der Waals surface area contributed by atoms with Gasteiger partial charge in [0.2, 0.25) is 11.8 Å². The number of rotatable bonds is 3. The lowest BCUT2D eigenvalue weighted by Gasteiger charge is -2.37. The van der Waals surface area contributed by atoms with Gasteiger partial charge in [-0.3, -0.25) is 9.59 Å². The maximum absolute atomic E-state index is 12.2. The Morgan fingerprint density at radius 3 is 2.85 bits per heavy atom. The lowest BCUT2D eigenvalue weighted by atomic mass is 10.1. The van der Waals surface area contributed by atoms with Crippen molar-refractivity contribution in [3.05, 3.63) is 0 Å². The molecule has 112 valence electrons. The maximum Gasteiger partial charge on any atom is 0.248 e. The summed E-state index contributed by atoms with van der Waals surface area (Å²) in [5.74, 6) is 0.315. The monoisotopic (exact) mass is 281 g/mol. The molecule has 0 spiro atoms. The molecule has 6 nitrogen and oxygen atoms in total. The Morgan fingerprint density at radius 2 is 2.05 bits per heavy atom. The van der Waals surface area contributed by atoms with E-state index in [-0.39, 0.29) is 30.6 Å². The van der Waals surface area contributed by atoms with Gasteiger partial charge in [0.15, 0.2) is 0 Å². The van der Waals surface area contributed by atoms with Crippen LogP contribution in [0.15, 0.2) is 0 Å². The van der Waals surface area contributed by atoms with Crippen molar-refractivity contribution in [2.24, 2.45) is 0 Å². The molecule has 3 aliphatic rings. The number of nitrogens with one attached hydrogen (secondary N) is 1. The molecule has 0 aromatic carbocycles. The van der Waals surface area contributed by atoms with Gasteiger partial charge in [0.25, 0.3) is 0 Å². The Morgan fingerprint density at radius 1 is 1.25 bits per heavy atom. The van der Waals surface area contributed by atoms with Crippen molar-refractivity contribution in [1.29, 1.82) is 0 Å². The fourth-order valence-corrected chi connectivity index (χ4v) is 3.33. The van der Waals surface area contributed by atoms with E-state index < -0.39 is 0 Å². The van der Waals surface area contributed by atoms with Crippen molar-refractivity contribution in [2.45, 2.75) is 37.8 Å². The number of hydrogen-bond acceptors (Lipinski definition) is 4. The third-order valence-electron chi connectivity index (χ3n) is 4.58. The summed E-state index contributed by atoms with van der Waals surface area (Å²) in [5.41, 5.74) is 0. The predicted octanol–water partition coefficient (Wildman–Crippen LogP) is -0.412. The highest BCUT2D eigenvalue weighted by molar-refractivity contribution is 5.81. The summed E-state index contributed by atoms with van der Waals surface area (Å²) in [5, 5.41) is 3.28. The molecule has 3 aliphatic heterocycles. The van der Waals surface area contributed by atoms with Gasteiger partial charge in [-0.2, -0.15) is 0 Å². The SMILES string of the molecule is O=C(COC1CCNCC1)N1CCN2C(=O)CCC2C1. The predicted molar refractivity (Wildman–Crippen MR) is 73.2 cm³/mol. The lowest BCUT2D eigenvalue weighted by molar-refractivity contribution is -0.144. The van der Waals surface area contributed by atoms with Crippen molar-refractivity contribution < 1.29 is 14.3 Å². The number of amides is 2. The summed E-state index contributed by atoms with van der Waals surface area (Å²) < 4.78 is 5.72. The highest BCUT2D eigenvalue weighted by Gasteiger charge is 2.36. The average Bonchev–Trinajstić information content (AvgIpc) is 2.87. The molecule has 6 heteroatoms. The molecule has 0 bridgehead atoms. The van der Waals surface area contributed by atoms with Crippen LogP contribution in [0.3, 0.4) is 0 Å². The minimum Gasteiger partial charge on any atom is -0.368 e. The topological polar surface area (TPSA) is 61.9 Å². The molecule has 0 aromatic rings. The van der Waals surface area contributed by atoms with Crippen molar-refractivity contribution in [3.8, 4) is 0 Å². The lowest BCUT2D eigenvalue weighted by Crippen LogP contribution is -2.54. The Labute approximate surface area is 119 Å². The average molecular weight is 281 g/mol. The molecular formula is C14H23N3O3. The maximum atomic E-state index is 12.2. The molecule has 3 rings (SSSR count). The highest BCUT2D eigenvalue weighted by atomic mass is 16.5. The number of piperidine rings is 1. The van der Waals surface area contributed by atoms with Crippen LogP contribution in [-0.4, -0.2) is 73.1 Å². The van der Waals surface area contributed by atoms with E-state index in [1.165, 1.54) is 0 Å². The van der Waals surface area contributed by atoms with Crippen LogP contribution >= 0.6 is 0 Å². The van der Waals surface area contributed by atoms with Gasteiger partial charge in [-0.1, -0.05) is 0 Å². The minimum atomic E-state index is 0.0718. The van der Waals surface area contributed by atoms with Gasteiger partial charge in [-0.25, -0.2) is 0 Å². The van der Waals surface area contributed by atoms with E-state index in [0.717, 1.165) is 32.4 Å². The molecule has 2 amide bonds. The van der Waals surface area contributed by atoms with Crippen LogP contribution in [0, 0.1) is 0 Å². The number of fused-ring (bicyclic) bond motifs is 1. The van der Waals surface area contributed by atoms with Crippen LogP contribution in [0.2, 0.25) is 0 Å². The molecule has 1 unspecified atom stereocenters. The second kappa shape index (κ2) is 6.10. The van der Waals surface area contributed by atoms with Crippen LogP contribution in [0.4, 0.5) is 0 Å². The molecule has 0 aliphatic carbocycles. The fraction of sp³-hybridized carbons (Fsp3) is 0.857. The molecule has 3 fully saturated rings. The first kappa shape index (κ1) is 13.8. The van der Waals surface area contributed by atoms with E-state index in [1.54, 1.807) is 0 Å². The van der Waals surface area contributed by atoms with Crippen LogP contribution < -0.4 is 5.32 Å². The van der Waals surface area contributed by atoms with Gasteiger partial charge in [0.05, 0.1) is 6.10 Å². The second-order valence-electron chi connectivity index (χ2n) is 5.88. The Hall–Kier alpha value is -1.14. The summed E-state index contributed by atoms with van der Waals surface area (Å²) in [4.78, 5) is 27.6. The summed E-state index contributed by atoms with van der Waals surface area (Å²) in [6.45, 7) is 4.15. The number of carbonyl (C=O) groups excluding carboxylic acids is 2. The standard InChI is InChI=1S/C14H23N3O3/c18-13-2-1-11-9-16(7-8-17(11)13)14(19)10-20-12-3-5-15-6-4-12/h11-12,15H,1-10H2. The summed E-state index contributed by atoms with van der Waals surface area (Å²) in [7, 11) is 0. The van der Waals surface area contributed by atoms with Crippen molar-refractivity contribution >= 4 is 11.8 Å². The minimum absolute atomic E-state index is 0.0718. The zero-order valence-corrected chi connectivity index (χ0v) is 11.8. The summed E-state index contributed by atoms with van der Waals surface area (Å²) in [6, 6.07) is 0.235. The zero-order valence-electron chi connectivity index (χ0n) is 11.8. The van der Waals surface area contributed by atoms with Crippen molar-refractivity contribution in [3.63, 3.8) is 0 Å². The molecule has 0 saturated carbocycles. The number of carbonyl (C=O) groups is 2. The number of piperazine rings is 1. The molecular weight excluding hydrogens is 258 g/mol. The largest absolute Gasteiger partial charge is 0.368 e. The Bertz CT molecular complexity index is 382. The second-order valence-corrected chi connectivity index (χ2v) is 5.88. The fourth-order valence-electron chi connectivity index (χ4n) is 3.33. The van der Waals surface area contributed by atoms with Gasteiger partial charge in [-0.05, 0) is 32.4 Å². The van der Waals surface area contributed by atoms with Crippen LogP contribution in [0.1, 0.15) is 25.7 Å². The first-order chi connectivity index (χ1) is 9.74. The van der Waals surface area contributed by atoms with Crippen LogP contribution in [0.25, 0.3) is 0 Å². The van der Waals surface area contributed by atoms with Gasteiger partial charge in [0.1, 0.15) is 6.61 Å². The third-order valence-corrected chi connectivity index (χ3v) is 4.58. The first-order valence-corrected chi connectivity index (χ1v) is 7.63. The Balaban J connectivity index is 1.44. The van der Waals surface area contributed by atoms with E-state index in [0.29, 0.717) is 26.1 Å². The molecule has 1 N–H and O–H groups in total. The number of ether oxygens (including phenoxy) is 1. The molecule has 0 aromatic heterocycles. The van der Waals surface area contributed by atoms with Gasteiger partial charge in [0, 0.05) is 32.1 Å². The molecule has 3 heterocycles. The van der Waals surface area contributed by atoms with Crippen molar-refractivity contribution in [2.75, 3.05) is 39.3 Å². The van der Waals surface area contributed by atoms with Crippen molar-refractivity contribution in [1.82, 2.24) is 15.1 Å². The van der Waals surface area contributed by atoms with E-state index >= 15 is 0 Å². The zero-order chi connectivity index (χ0) is 13.9. The molecule has 3 saturated heterocycles. The van der Waals surface area contributed by atoms with Crippen LogP contribution in [-0.2, 0) is 14.3 Å². The van der Waals surface area contributed by atoms with E-state index in [1.807, 2.05) is 9.80 Å². The Kier molecular flexibility index (Phi) is 4.21. The number of nitrogens with zero attached hydrogens (tertiary/aromatic N) is 2. The van der Waals surface area contributed by atoms with Gasteiger partial charge in [-0.15, -0.1) is 0 Å². The normalized spacial score (nSPS) is 27.8. The van der Waals surface area contributed by atoms with Gasteiger partial charge >= 0.3 is 0 Å². The van der Waals surface area contributed by atoms with Crippen LogP contribution in [0.5, 0.6) is 0 Å². The summed E-state index contributed by atoms with van der Waals surface area (Å²) >= 11 is 0. The van der Waals surface area contributed by atoms with Gasteiger partial charge < -0.3 is 19.9 Å². The smallest absolute Gasteiger partial charge is 0.248 e. The van der Waals surface area contributed by atoms with E-state index in [9.17, 15) is 9.59 Å². The third kappa shape index (κ3) is 2.96. The van der Waals surface area contributed by atoms with E-state index in [4.69, 9.17) is 4.74 Å². The quantitative estimate of drug-likeness (QED) is 0.764. The highest BCUT2D eigenvalue weighted by Crippen LogP contribution is 2.22. The molecule has 1 atom stereocenters. The van der Waals surface area contributed by atoms with E-state index in [2.05, 4.69) is 5.32 Å². The summed E-state index contributed by atoms with van der Waals surface area (Å²) in [6.07, 6.45) is 3.71. The molecule has 20 heavy (non-hydrogen) atoms. The number of hydrogen-bond donors (Lipinski definition) is 1.